The molecule has 1 aromatic heterocycles. The molecule has 0 bridgehead atoms. The summed E-state index contributed by atoms with van der Waals surface area (Å²) in [6.07, 6.45) is 6.66. The van der Waals surface area contributed by atoms with Crippen LogP contribution in [0.1, 0.15) is 36.2 Å². The molecule has 1 aliphatic carbocycles. The molecule has 94 valence electrons. The first-order chi connectivity index (χ1) is 8.19. The van der Waals surface area contributed by atoms with Crippen LogP contribution in [0.25, 0.3) is 0 Å². The zero-order valence-electron chi connectivity index (χ0n) is 9.81. The maximum absolute atomic E-state index is 11.8. The Balaban J connectivity index is 1.84. The second-order valence-electron chi connectivity index (χ2n) is 4.25. The van der Waals surface area contributed by atoms with Crippen LogP contribution in [-0.2, 0) is 0 Å². The lowest BCUT2D eigenvalue weighted by Gasteiger charge is -2.27. The molecule has 1 heterocycles. The number of carbonyl (C=O) groups is 1. The third kappa shape index (κ3) is 3.35. The largest absolute Gasteiger partial charge is 0.375 e. The fraction of sp³-hybridized carbons (Fsp3) is 0.636. The molecule has 0 atom stereocenters. The Morgan fingerprint density at radius 3 is 2.76 bits per heavy atom. The third-order valence-corrected chi connectivity index (χ3v) is 4.91. The smallest absolute Gasteiger partial charge is 0.271 e. The number of nitrogens with zero attached hydrogens (tertiary/aromatic N) is 1. The van der Waals surface area contributed by atoms with Gasteiger partial charge in [-0.15, -0.1) is 11.3 Å². The van der Waals surface area contributed by atoms with Gasteiger partial charge in [-0.2, -0.15) is 11.8 Å². The van der Waals surface area contributed by atoms with Crippen LogP contribution < -0.4 is 11.1 Å². The molecule has 1 amide bonds. The van der Waals surface area contributed by atoms with Crippen molar-refractivity contribution in [3.05, 3.63) is 11.1 Å². The van der Waals surface area contributed by atoms with Crippen LogP contribution in [0.2, 0.25) is 0 Å². The summed E-state index contributed by atoms with van der Waals surface area (Å²) >= 11 is 3.23. The van der Waals surface area contributed by atoms with Gasteiger partial charge in [0.25, 0.3) is 5.91 Å². The zero-order valence-corrected chi connectivity index (χ0v) is 11.4. The number of aromatic nitrogens is 1. The van der Waals surface area contributed by atoms with Gasteiger partial charge in [0.15, 0.2) is 5.13 Å². The predicted octanol–water partition coefficient (Wildman–Crippen LogP) is 2.13. The summed E-state index contributed by atoms with van der Waals surface area (Å²) in [5, 5.41) is 5.95. The molecule has 1 fully saturated rings. The van der Waals surface area contributed by atoms with Gasteiger partial charge in [0, 0.05) is 16.7 Å². The van der Waals surface area contributed by atoms with Crippen LogP contribution in [0.5, 0.6) is 0 Å². The molecule has 1 saturated carbocycles. The van der Waals surface area contributed by atoms with Crippen molar-refractivity contribution in [3.63, 3.8) is 0 Å². The number of nitrogens with two attached hydrogens (primary N) is 1. The molecule has 0 saturated heterocycles. The van der Waals surface area contributed by atoms with Crippen molar-refractivity contribution in [2.45, 2.75) is 37.0 Å². The van der Waals surface area contributed by atoms with Crippen LogP contribution in [0.4, 0.5) is 5.13 Å². The minimum absolute atomic E-state index is 0.0921. The summed E-state index contributed by atoms with van der Waals surface area (Å²) in [7, 11) is 0. The minimum Gasteiger partial charge on any atom is -0.375 e. The standard InChI is InChI=1S/C11H17N3OS2/c1-16-8-4-2-7(3-5-8)13-10(15)9-6-17-11(12)14-9/h6-8H,2-5H2,1H3,(H2,12,14)(H,13,15). The molecule has 0 aromatic carbocycles. The Labute approximate surface area is 109 Å². The Bertz CT molecular complexity index is 386. The minimum atomic E-state index is -0.0921. The quantitative estimate of drug-likeness (QED) is 0.883. The van der Waals surface area contributed by atoms with E-state index in [2.05, 4.69) is 16.6 Å². The van der Waals surface area contributed by atoms with E-state index < -0.39 is 0 Å². The number of anilines is 1. The average molecular weight is 271 g/mol. The summed E-state index contributed by atoms with van der Waals surface area (Å²) < 4.78 is 0. The highest BCUT2D eigenvalue weighted by Crippen LogP contribution is 2.27. The van der Waals surface area contributed by atoms with Gasteiger partial charge in [-0.1, -0.05) is 0 Å². The Morgan fingerprint density at radius 2 is 2.24 bits per heavy atom. The highest BCUT2D eigenvalue weighted by Gasteiger charge is 2.22. The van der Waals surface area contributed by atoms with Crippen molar-refractivity contribution in [2.24, 2.45) is 0 Å². The lowest BCUT2D eigenvalue weighted by molar-refractivity contribution is 0.0924. The molecule has 1 aromatic rings. The number of amides is 1. The van der Waals surface area contributed by atoms with E-state index in [1.807, 2.05) is 11.8 Å². The third-order valence-electron chi connectivity index (χ3n) is 3.10. The van der Waals surface area contributed by atoms with Crippen LogP contribution >= 0.6 is 23.1 Å². The Kier molecular flexibility index (Phi) is 4.28. The predicted molar refractivity (Wildman–Crippen MR) is 73.6 cm³/mol. The van der Waals surface area contributed by atoms with Gasteiger partial charge in [-0.05, 0) is 31.9 Å². The topological polar surface area (TPSA) is 68.0 Å². The number of thiazole rings is 1. The van der Waals surface area contributed by atoms with E-state index >= 15 is 0 Å². The summed E-state index contributed by atoms with van der Waals surface area (Å²) in [6, 6.07) is 0.300. The van der Waals surface area contributed by atoms with Crippen molar-refractivity contribution >= 4 is 34.1 Å². The maximum Gasteiger partial charge on any atom is 0.271 e. The van der Waals surface area contributed by atoms with E-state index in [9.17, 15) is 4.79 Å². The van der Waals surface area contributed by atoms with Crippen molar-refractivity contribution in [2.75, 3.05) is 12.0 Å². The molecular weight excluding hydrogens is 254 g/mol. The normalized spacial score (nSPS) is 24.5. The van der Waals surface area contributed by atoms with E-state index in [1.165, 1.54) is 24.2 Å². The van der Waals surface area contributed by atoms with Crippen molar-refractivity contribution in [3.8, 4) is 0 Å². The fourth-order valence-electron chi connectivity index (χ4n) is 2.09. The lowest BCUT2D eigenvalue weighted by Crippen LogP contribution is -2.38. The highest BCUT2D eigenvalue weighted by molar-refractivity contribution is 7.99. The van der Waals surface area contributed by atoms with Crippen LogP contribution in [0.15, 0.2) is 5.38 Å². The molecule has 0 unspecified atom stereocenters. The van der Waals surface area contributed by atoms with Crippen molar-refractivity contribution < 1.29 is 4.79 Å². The van der Waals surface area contributed by atoms with Crippen LogP contribution in [0.3, 0.4) is 0 Å². The highest BCUT2D eigenvalue weighted by atomic mass is 32.2. The number of hydrogen-bond donors (Lipinski definition) is 2. The Hall–Kier alpha value is -0.750. The maximum atomic E-state index is 11.8. The molecule has 6 heteroatoms. The SMILES string of the molecule is CSC1CCC(NC(=O)c2csc(N)n2)CC1. The monoisotopic (exact) mass is 271 g/mol. The second-order valence-corrected chi connectivity index (χ2v) is 6.28. The van der Waals surface area contributed by atoms with Crippen molar-refractivity contribution in [1.82, 2.24) is 10.3 Å². The van der Waals surface area contributed by atoms with Gasteiger partial charge >= 0.3 is 0 Å². The van der Waals surface area contributed by atoms with Gasteiger partial charge in [0.05, 0.1) is 0 Å². The van der Waals surface area contributed by atoms with E-state index in [0.717, 1.165) is 18.1 Å². The number of thioether (sulfide) groups is 1. The van der Waals surface area contributed by atoms with Gasteiger partial charge in [-0.3, -0.25) is 4.79 Å². The van der Waals surface area contributed by atoms with Crippen LogP contribution in [-0.4, -0.2) is 28.4 Å². The molecule has 2 rings (SSSR count). The first kappa shape index (κ1) is 12.7. The second kappa shape index (κ2) is 5.73. The molecule has 1 aliphatic rings. The molecule has 0 spiro atoms. The molecule has 0 radical (unpaired) electrons. The molecular formula is C11H17N3OS2. The van der Waals surface area contributed by atoms with Gasteiger partial charge in [0.2, 0.25) is 0 Å². The van der Waals surface area contributed by atoms with E-state index in [0.29, 0.717) is 16.9 Å². The lowest BCUT2D eigenvalue weighted by atomic mass is 9.95. The number of rotatable bonds is 3. The molecule has 3 N–H and O–H groups in total. The average Bonchev–Trinajstić information content (AvgIpc) is 2.77. The molecule has 4 nitrogen and oxygen atoms in total. The number of nitrogen functional groups attached to an aromatic ring is 1. The van der Waals surface area contributed by atoms with E-state index in [4.69, 9.17) is 5.73 Å². The Morgan fingerprint density at radius 1 is 1.53 bits per heavy atom. The van der Waals surface area contributed by atoms with Gasteiger partial charge < -0.3 is 11.1 Å². The van der Waals surface area contributed by atoms with Gasteiger partial charge in [0.1, 0.15) is 5.69 Å². The van der Waals surface area contributed by atoms with E-state index in [-0.39, 0.29) is 5.91 Å². The zero-order chi connectivity index (χ0) is 12.3. The molecule has 0 aliphatic heterocycles. The number of hydrogen-bond acceptors (Lipinski definition) is 5. The summed E-state index contributed by atoms with van der Waals surface area (Å²) in [5.41, 5.74) is 5.95. The summed E-state index contributed by atoms with van der Waals surface area (Å²) in [5.74, 6) is -0.0921. The van der Waals surface area contributed by atoms with Crippen LogP contribution in [0, 0.1) is 0 Å². The van der Waals surface area contributed by atoms with Gasteiger partial charge in [-0.25, -0.2) is 4.98 Å². The molecule has 17 heavy (non-hydrogen) atoms. The number of carbonyl (C=O) groups excluding carboxylic acids is 1. The van der Waals surface area contributed by atoms with E-state index in [1.54, 1.807) is 5.38 Å². The summed E-state index contributed by atoms with van der Waals surface area (Å²) in [4.78, 5) is 15.8. The number of nitrogens with one attached hydrogen (secondary N) is 1. The fourth-order valence-corrected chi connectivity index (χ4v) is 3.38. The first-order valence-corrected chi connectivity index (χ1v) is 7.90. The first-order valence-electron chi connectivity index (χ1n) is 5.73. The van der Waals surface area contributed by atoms with Crippen molar-refractivity contribution in [1.29, 1.82) is 0 Å². The summed E-state index contributed by atoms with van der Waals surface area (Å²) in [6.45, 7) is 0.